The molecule has 102 valence electrons. The van der Waals surface area contributed by atoms with Crippen LogP contribution in [0.4, 0.5) is 5.69 Å². The van der Waals surface area contributed by atoms with Gasteiger partial charge in [-0.05, 0) is 12.5 Å². The standard InChI is InChI=1S/C14H18N2O3/c1-4-6-12(5-2)15-10-11-9-13(16(17)18)7-8-14(11)19-3/h1,7-9,12,15H,5-6,10H2,2-3H3. The van der Waals surface area contributed by atoms with Crippen molar-refractivity contribution in [1.82, 2.24) is 5.32 Å². The third-order valence-electron chi connectivity index (χ3n) is 2.91. The Balaban J connectivity index is 2.83. The molecule has 1 atom stereocenters. The summed E-state index contributed by atoms with van der Waals surface area (Å²) in [6.07, 6.45) is 6.83. The number of nitrogens with zero attached hydrogens (tertiary/aromatic N) is 1. The van der Waals surface area contributed by atoms with Gasteiger partial charge in [0, 0.05) is 36.7 Å². The molecule has 1 aromatic rings. The van der Waals surface area contributed by atoms with Crippen LogP contribution in [0.15, 0.2) is 18.2 Å². The van der Waals surface area contributed by atoms with Crippen molar-refractivity contribution in [2.24, 2.45) is 0 Å². The molecule has 0 radical (unpaired) electrons. The van der Waals surface area contributed by atoms with Crippen LogP contribution in [0.2, 0.25) is 0 Å². The third-order valence-corrected chi connectivity index (χ3v) is 2.91. The molecule has 0 saturated carbocycles. The molecule has 19 heavy (non-hydrogen) atoms. The van der Waals surface area contributed by atoms with Crippen molar-refractivity contribution in [2.45, 2.75) is 32.4 Å². The van der Waals surface area contributed by atoms with E-state index >= 15 is 0 Å². The Morgan fingerprint density at radius 2 is 2.32 bits per heavy atom. The Hall–Kier alpha value is -2.06. The van der Waals surface area contributed by atoms with Gasteiger partial charge in [-0.1, -0.05) is 6.92 Å². The molecular weight excluding hydrogens is 244 g/mol. The van der Waals surface area contributed by atoms with Crippen LogP contribution in [0, 0.1) is 22.5 Å². The highest BCUT2D eigenvalue weighted by atomic mass is 16.6. The number of nitro groups is 1. The highest BCUT2D eigenvalue weighted by Gasteiger charge is 2.12. The molecule has 0 saturated heterocycles. The first-order valence-electron chi connectivity index (χ1n) is 6.10. The summed E-state index contributed by atoms with van der Waals surface area (Å²) >= 11 is 0. The Labute approximate surface area is 113 Å². The van der Waals surface area contributed by atoms with Gasteiger partial charge < -0.3 is 10.1 Å². The number of terminal acetylenes is 1. The van der Waals surface area contributed by atoms with E-state index in [0.717, 1.165) is 12.0 Å². The molecule has 1 unspecified atom stereocenters. The molecule has 0 amide bonds. The van der Waals surface area contributed by atoms with E-state index in [2.05, 4.69) is 11.2 Å². The zero-order chi connectivity index (χ0) is 14.3. The molecule has 0 heterocycles. The maximum atomic E-state index is 10.8. The van der Waals surface area contributed by atoms with Gasteiger partial charge in [-0.3, -0.25) is 10.1 Å². The summed E-state index contributed by atoms with van der Waals surface area (Å²) in [7, 11) is 1.55. The number of hydrogen-bond acceptors (Lipinski definition) is 4. The maximum Gasteiger partial charge on any atom is 0.270 e. The maximum absolute atomic E-state index is 10.8. The molecule has 5 heteroatoms. The van der Waals surface area contributed by atoms with E-state index in [1.807, 2.05) is 6.92 Å². The van der Waals surface area contributed by atoms with Gasteiger partial charge in [-0.2, -0.15) is 0 Å². The fourth-order valence-corrected chi connectivity index (χ4v) is 1.77. The smallest absolute Gasteiger partial charge is 0.270 e. The summed E-state index contributed by atoms with van der Waals surface area (Å²) < 4.78 is 5.20. The summed E-state index contributed by atoms with van der Waals surface area (Å²) in [4.78, 5) is 10.4. The monoisotopic (exact) mass is 262 g/mol. The van der Waals surface area contributed by atoms with Crippen molar-refractivity contribution in [3.05, 3.63) is 33.9 Å². The zero-order valence-corrected chi connectivity index (χ0v) is 11.2. The van der Waals surface area contributed by atoms with Gasteiger partial charge in [-0.15, -0.1) is 12.3 Å². The normalized spacial score (nSPS) is 11.6. The van der Waals surface area contributed by atoms with Crippen molar-refractivity contribution in [1.29, 1.82) is 0 Å². The van der Waals surface area contributed by atoms with Crippen molar-refractivity contribution < 1.29 is 9.66 Å². The van der Waals surface area contributed by atoms with Crippen LogP contribution >= 0.6 is 0 Å². The molecule has 0 bridgehead atoms. The van der Waals surface area contributed by atoms with E-state index < -0.39 is 4.92 Å². The molecule has 5 nitrogen and oxygen atoms in total. The highest BCUT2D eigenvalue weighted by molar-refractivity contribution is 5.43. The third kappa shape index (κ3) is 4.27. The van der Waals surface area contributed by atoms with Gasteiger partial charge in [0.25, 0.3) is 5.69 Å². The number of non-ortho nitro benzene ring substituents is 1. The lowest BCUT2D eigenvalue weighted by atomic mass is 10.1. The van der Waals surface area contributed by atoms with Crippen molar-refractivity contribution in [3.8, 4) is 18.1 Å². The van der Waals surface area contributed by atoms with Crippen LogP contribution in [-0.4, -0.2) is 18.1 Å². The predicted molar refractivity (Wildman–Crippen MR) is 74.0 cm³/mol. The molecule has 1 rings (SSSR count). The predicted octanol–water partition coefficient (Wildman–Crippen LogP) is 2.49. The lowest BCUT2D eigenvalue weighted by Crippen LogP contribution is -2.27. The van der Waals surface area contributed by atoms with E-state index in [0.29, 0.717) is 18.7 Å². The minimum Gasteiger partial charge on any atom is -0.496 e. The number of nitro benzene ring substituents is 1. The molecule has 0 spiro atoms. The van der Waals surface area contributed by atoms with E-state index in [1.54, 1.807) is 13.2 Å². The Morgan fingerprint density at radius 1 is 1.58 bits per heavy atom. The van der Waals surface area contributed by atoms with Crippen LogP contribution in [0.3, 0.4) is 0 Å². The van der Waals surface area contributed by atoms with Gasteiger partial charge in [0.05, 0.1) is 12.0 Å². The Kier molecular flexibility index (Phi) is 5.83. The van der Waals surface area contributed by atoms with Gasteiger partial charge in [0.1, 0.15) is 5.75 Å². The first-order chi connectivity index (χ1) is 9.12. The first kappa shape index (κ1) is 15.0. The molecule has 0 aliphatic rings. The lowest BCUT2D eigenvalue weighted by molar-refractivity contribution is -0.384. The number of benzene rings is 1. The van der Waals surface area contributed by atoms with Crippen LogP contribution in [0.1, 0.15) is 25.3 Å². The van der Waals surface area contributed by atoms with E-state index in [4.69, 9.17) is 11.2 Å². The van der Waals surface area contributed by atoms with Crippen molar-refractivity contribution >= 4 is 5.69 Å². The number of ether oxygens (including phenoxy) is 1. The fraction of sp³-hybridized carbons (Fsp3) is 0.429. The molecule has 0 fully saturated rings. The minimum atomic E-state index is -0.415. The summed E-state index contributed by atoms with van der Waals surface area (Å²) in [5.74, 6) is 3.24. The first-order valence-corrected chi connectivity index (χ1v) is 6.10. The minimum absolute atomic E-state index is 0.0580. The van der Waals surface area contributed by atoms with E-state index in [1.165, 1.54) is 12.1 Å². The van der Waals surface area contributed by atoms with Crippen LogP contribution < -0.4 is 10.1 Å². The quantitative estimate of drug-likeness (QED) is 0.466. The number of rotatable bonds is 7. The van der Waals surface area contributed by atoms with Crippen LogP contribution in [-0.2, 0) is 6.54 Å². The van der Waals surface area contributed by atoms with Gasteiger partial charge in [-0.25, -0.2) is 0 Å². The SMILES string of the molecule is C#CCC(CC)NCc1cc([N+](=O)[O-])ccc1OC. The second kappa shape index (κ2) is 7.39. The molecule has 0 aliphatic heterocycles. The second-order valence-electron chi connectivity index (χ2n) is 4.15. The Morgan fingerprint density at radius 3 is 2.84 bits per heavy atom. The lowest BCUT2D eigenvalue weighted by Gasteiger charge is -2.15. The average Bonchev–Trinajstić information content (AvgIpc) is 2.42. The average molecular weight is 262 g/mol. The van der Waals surface area contributed by atoms with Crippen molar-refractivity contribution in [3.63, 3.8) is 0 Å². The molecule has 1 aromatic carbocycles. The number of nitrogens with one attached hydrogen (secondary N) is 1. The number of methoxy groups -OCH3 is 1. The molecule has 0 aromatic heterocycles. The summed E-state index contributed by atoms with van der Waals surface area (Å²) in [5.41, 5.74) is 0.815. The zero-order valence-electron chi connectivity index (χ0n) is 11.2. The molecule has 0 aliphatic carbocycles. The number of hydrogen-bond donors (Lipinski definition) is 1. The van der Waals surface area contributed by atoms with Crippen LogP contribution in [0.5, 0.6) is 5.75 Å². The van der Waals surface area contributed by atoms with Crippen LogP contribution in [0.25, 0.3) is 0 Å². The summed E-state index contributed by atoms with van der Waals surface area (Å²) in [5, 5.41) is 14.0. The van der Waals surface area contributed by atoms with Crippen molar-refractivity contribution in [2.75, 3.05) is 7.11 Å². The fourth-order valence-electron chi connectivity index (χ4n) is 1.77. The Bertz CT molecular complexity index is 480. The second-order valence-corrected chi connectivity index (χ2v) is 4.15. The van der Waals surface area contributed by atoms with E-state index in [-0.39, 0.29) is 11.7 Å². The molecular formula is C14H18N2O3. The largest absolute Gasteiger partial charge is 0.496 e. The highest BCUT2D eigenvalue weighted by Crippen LogP contribution is 2.24. The molecule has 1 N–H and O–H groups in total. The summed E-state index contributed by atoms with van der Waals surface area (Å²) in [6, 6.07) is 4.77. The van der Waals surface area contributed by atoms with Gasteiger partial charge >= 0.3 is 0 Å². The topological polar surface area (TPSA) is 64.4 Å². The van der Waals surface area contributed by atoms with E-state index in [9.17, 15) is 10.1 Å². The van der Waals surface area contributed by atoms with Gasteiger partial charge in [0.15, 0.2) is 0 Å². The summed E-state index contributed by atoms with van der Waals surface area (Å²) in [6.45, 7) is 2.53. The van der Waals surface area contributed by atoms with Gasteiger partial charge in [0.2, 0.25) is 0 Å².